The van der Waals surface area contributed by atoms with Gasteiger partial charge in [-0.25, -0.2) is 4.79 Å². The summed E-state index contributed by atoms with van der Waals surface area (Å²) in [6.45, 7) is 0.0970. The van der Waals surface area contributed by atoms with Crippen LogP contribution < -0.4 is 5.32 Å². The maximum absolute atomic E-state index is 11.5. The predicted octanol–water partition coefficient (Wildman–Crippen LogP) is -0.480. The first-order valence-corrected chi connectivity index (χ1v) is 4.01. The topological polar surface area (TPSA) is 84.2 Å². The Morgan fingerprint density at radius 2 is 2.29 bits per heavy atom. The van der Waals surface area contributed by atoms with E-state index in [0.717, 1.165) is 0 Å². The lowest BCUT2D eigenvalue weighted by molar-refractivity contribution is 0.0691. The Morgan fingerprint density at radius 1 is 1.64 bits per heavy atom. The van der Waals surface area contributed by atoms with E-state index in [2.05, 4.69) is 10.4 Å². The largest absolute Gasteiger partial charge is 0.478 e. The molecular formula is C8H11N3O3. The molecule has 76 valence electrons. The minimum absolute atomic E-state index is 0.0623. The summed E-state index contributed by atoms with van der Waals surface area (Å²) >= 11 is 0. The van der Waals surface area contributed by atoms with Crippen molar-refractivity contribution in [3.05, 3.63) is 17.5 Å². The van der Waals surface area contributed by atoms with Crippen LogP contribution in [-0.4, -0.2) is 40.2 Å². The Hall–Kier alpha value is -1.69. The maximum atomic E-state index is 11.5. The summed E-state index contributed by atoms with van der Waals surface area (Å²) in [5.74, 6) is -1.43. The van der Waals surface area contributed by atoms with Crippen LogP contribution in [0.5, 0.6) is 0 Å². The number of rotatable bonds is 4. The highest BCUT2D eigenvalue weighted by molar-refractivity contribution is 6.05. The number of nitrogens with zero attached hydrogens (tertiary/aromatic N) is 2. The van der Waals surface area contributed by atoms with E-state index in [9.17, 15) is 9.59 Å². The first-order valence-electron chi connectivity index (χ1n) is 4.01. The van der Waals surface area contributed by atoms with Crippen LogP contribution in [0.4, 0.5) is 0 Å². The van der Waals surface area contributed by atoms with Crippen molar-refractivity contribution in [3.63, 3.8) is 0 Å². The Bertz CT molecular complexity index is 370. The molecule has 0 radical (unpaired) electrons. The summed E-state index contributed by atoms with van der Waals surface area (Å²) in [5, 5.41) is 15.2. The van der Waals surface area contributed by atoms with E-state index in [0.29, 0.717) is 0 Å². The number of aromatic carboxylic acids is 1. The molecule has 1 heterocycles. The number of ketones is 1. The van der Waals surface area contributed by atoms with Gasteiger partial charge in [-0.15, -0.1) is 0 Å². The number of Topliss-reactive ketones (excluding diaryl/α,β-unsaturated/α-hetero) is 1. The van der Waals surface area contributed by atoms with E-state index in [-0.39, 0.29) is 23.6 Å². The Labute approximate surface area is 80.5 Å². The van der Waals surface area contributed by atoms with Gasteiger partial charge in [-0.05, 0) is 7.05 Å². The van der Waals surface area contributed by atoms with Gasteiger partial charge >= 0.3 is 5.97 Å². The summed E-state index contributed by atoms with van der Waals surface area (Å²) in [5.41, 5.74) is 0.0552. The van der Waals surface area contributed by atoms with Crippen LogP contribution in [0.15, 0.2) is 6.20 Å². The standard InChI is InChI=1S/C8H11N3O3/c1-9-4-6(12)7-5(8(13)14)3-10-11(7)2/h3,9H,4H2,1-2H3,(H,13,14). The number of aryl methyl sites for hydroxylation is 1. The van der Waals surface area contributed by atoms with Crippen LogP contribution in [-0.2, 0) is 7.05 Å². The molecule has 0 spiro atoms. The quantitative estimate of drug-likeness (QED) is 0.637. The van der Waals surface area contributed by atoms with Crippen molar-refractivity contribution in [2.24, 2.45) is 7.05 Å². The SMILES string of the molecule is CNCC(=O)c1c(C(=O)O)cnn1C. The van der Waals surface area contributed by atoms with Crippen molar-refractivity contribution in [1.82, 2.24) is 15.1 Å². The Morgan fingerprint density at radius 3 is 2.79 bits per heavy atom. The molecule has 0 bridgehead atoms. The maximum Gasteiger partial charge on any atom is 0.339 e. The normalized spacial score (nSPS) is 10.1. The highest BCUT2D eigenvalue weighted by Crippen LogP contribution is 2.07. The molecule has 1 rings (SSSR count). The van der Waals surface area contributed by atoms with Crippen molar-refractivity contribution >= 4 is 11.8 Å². The molecule has 2 N–H and O–H groups in total. The highest BCUT2D eigenvalue weighted by atomic mass is 16.4. The van der Waals surface area contributed by atoms with Crippen LogP contribution in [0, 0.1) is 0 Å². The van der Waals surface area contributed by atoms with E-state index in [1.807, 2.05) is 0 Å². The molecule has 0 amide bonds. The summed E-state index contributed by atoms with van der Waals surface area (Å²) in [4.78, 5) is 22.2. The zero-order valence-electron chi connectivity index (χ0n) is 7.94. The molecule has 0 aliphatic carbocycles. The van der Waals surface area contributed by atoms with Gasteiger partial charge in [-0.1, -0.05) is 0 Å². The van der Waals surface area contributed by atoms with Crippen LogP contribution >= 0.6 is 0 Å². The van der Waals surface area contributed by atoms with Crippen LogP contribution in [0.1, 0.15) is 20.8 Å². The van der Waals surface area contributed by atoms with Gasteiger partial charge in [-0.3, -0.25) is 9.48 Å². The fourth-order valence-corrected chi connectivity index (χ4v) is 1.17. The van der Waals surface area contributed by atoms with Gasteiger partial charge in [0.15, 0.2) is 5.78 Å². The molecule has 0 fully saturated rings. The van der Waals surface area contributed by atoms with Gasteiger partial charge in [0.25, 0.3) is 0 Å². The average Bonchev–Trinajstić information content (AvgIpc) is 2.47. The first-order chi connectivity index (χ1) is 6.57. The van der Waals surface area contributed by atoms with Crippen molar-refractivity contribution < 1.29 is 14.7 Å². The smallest absolute Gasteiger partial charge is 0.339 e. The predicted molar refractivity (Wildman–Crippen MR) is 48.4 cm³/mol. The molecule has 0 aliphatic rings. The average molecular weight is 197 g/mol. The van der Waals surface area contributed by atoms with E-state index < -0.39 is 5.97 Å². The third-order valence-corrected chi connectivity index (χ3v) is 1.77. The van der Waals surface area contributed by atoms with Crippen molar-refractivity contribution in [1.29, 1.82) is 0 Å². The lowest BCUT2D eigenvalue weighted by Crippen LogP contribution is -2.22. The number of carbonyl (C=O) groups is 2. The summed E-state index contributed by atoms with van der Waals surface area (Å²) in [7, 11) is 3.16. The van der Waals surface area contributed by atoms with E-state index in [1.165, 1.54) is 17.9 Å². The lowest BCUT2D eigenvalue weighted by Gasteiger charge is -2.01. The van der Waals surface area contributed by atoms with E-state index >= 15 is 0 Å². The molecule has 0 aromatic carbocycles. The van der Waals surface area contributed by atoms with Gasteiger partial charge in [-0.2, -0.15) is 5.10 Å². The Kier molecular flexibility index (Phi) is 2.98. The molecule has 1 aromatic rings. The van der Waals surface area contributed by atoms with Crippen LogP contribution in [0.2, 0.25) is 0 Å². The van der Waals surface area contributed by atoms with Gasteiger partial charge in [0.1, 0.15) is 11.3 Å². The highest BCUT2D eigenvalue weighted by Gasteiger charge is 2.20. The van der Waals surface area contributed by atoms with Crippen molar-refractivity contribution in [2.75, 3.05) is 13.6 Å². The molecule has 6 heteroatoms. The molecule has 14 heavy (non-hydrogen) atoms. The molecule has 0 saturated heterocycles. The summed E-state index contributed by atoms with van der Waals surface area (Å²) in [6.07, 6.45) is 1.17. The van der Waals surface area contributed by atoms with Crippen molar-refractivity contribution in [2.45, 2.75) is 0 Å². The van der Waals surface area contributed by atoms with E-state index in [4.69, 9.17) is 5.11 Å². The van der Waals surface area contributed by atoms with Gasteiger partial charge < -0.3 is 10.4 Å². The first kappa shape index (κ1) is 10.4. The Balaban J connectivity index is 3.11. The molecular weight excluding hydrogens is 186 g/mol. The zero-order valence-corrected chi connectivity index (χ0v) is 7.94. The summed E-state index contributed by atoms with van der Waals surface area (Å²) < 4.78 is 1.27. The fraction of sp³-hybridized carbons (Fsp3) is 0.375. The van der Waals surface area contributed by atoms with Gasteiger partial charge in [0.05, 0.1) is 12.7 Å². The minimum atomic E-state index is -1.14. The second-order valence-electron chi connectivity index (χ2n) is 2.79. The zero-order chi connectivity index (χ0) is 10.7. The van der Waals surface area contributed by atoms with Crippen LogP contribution in [0.25, 0.3) is 0 Å². The van der Waals surface area contributed by atoms with Gasteiger partial charge in [0, 0.05) is 7.05 Å². The second-order valence-corrected chi connectivity index (χ2v) is 2.79. The number of hydrogen-bond donors (Lipinski definition) is 2. The fourth-order valence-electron chi connectivity index (χ4n) is 1.17. The molecule has 0 unspecified atom stereocenters. The molecule has 0 aliphatic heterocycles. The number of carboxylic acid groups (broad SMARTS) is 1. The lowest BCUT2D eigenvalue weighted by atomic mass is 10.2. The second kappa shape index (κ2) is 4.01. The number of aromatic nitrogens is 2. The molecule has 1 aromatic heterocycles. The third-order valence-electron chi connectivity index (χ3n) is 1.77. The van der Waals surface area contributed by atoms with Crippen LogP contribution in [0.3, 0.4) is 0 Å². The number of nitrogens with one attached hydrogen (secondary N) is 1. The number of hydrogen-bond acceptors (Lipinski definition) is 4. The number of carbonyl (C=O) groups excluding carboxylic acids is 1. The third kappa shape index (κ3) is 1.80. The minimum Gasteiger partial charge on any atom is -0.478 e. The monoisotopic (exact) mass is 197 g/mol. The molecule has 6 nitrogen and oxygen atoms in total. The summed E-state index contributed by atoms with van der Waals surface area (Å²) in [6, 6.07) is 0. The number of carboxylic acids is 1. The van der Waals surface area contributed by atoms with E-state index in [1.54, 1.807) is 7.05 Å². The van der Waals surface area contributed by atoms with Crippen molar-refractivity contribution in [3.8, 4) is 0 Å². The van der Waals surface area contributed by atoms with Gasteiger partial charge in [0.2, 0.25) is 0 Å². The molecule has 0 saturated carbocycles. The number of likely N-dealkylation sites (N-methyl/N-ethyl adjacent to an activating group) is 1. The molecule has 0 atom stereocenters.